The molecule has 176 valence electrons. The Morgan fingerprint density at radius 3 is 2.25 bits per heavy atom. The van der Waals surface area contributed by atoms with Gasteiger partial charge in [-0.15, -0.1) is 0 Å². The van der Waals surface area contributed by atoms with Crippen LogP contribution >= 0.6 is 0 Å². The molecule has 0 aliphatic rings. The van der Waals surface area contributed by atoms with E-state index in [-0.39, 0.29) is 12.5 Å². The predicted octanol–water partition coefficient (Wildman–Crippen LogP) is 4.15. The molecule has 0 aromatic heterocycles. The number of carbonyl (C=O) groups is 1. The maximum atomic E-state index is 12.0. The Labute approximate surface area is 192 Å². The van der Waals surface area contributed by atoms with Crippen LogP contribution in [0.4, 0.5) is 0 Å². The van der Waals surface area contributed by atoms with Gasteiger partial charge in [0.15, 0.2) is 18.1 Å². The van der Waals surface area contributed by atoms with Crippen LogP contribution in [0.1, 0.15) is 43.2 Å². The van der Waals surface area contributed by atoms with Crippen LogP contribution in [0.2, 0.25) is 0 Å². The molecule has 0 heterocycles. The van der Waals surface area contributed by atoms with Gasteiger partial charge in [0.05, 0.1) is 14.2 Å². The summed E-state index contributed by atoms with van der Waals surface area (Å²) >= 11 is 0. The number of rotatable bonds is 16. The highest BCUT2D eigenvalue weighted by atomic mass is 16.5. The third kappa shape index (κ3) is 9.60. The van der Waals surface area contributed by atoms with Gasteiger partial charge in [0, 0.05) is 6.54 Å². The first-order valence-electron chi connectivity index (χ1n) is 11.5. The Balaban J connectivity index is 1.68. The minimum Gasteiger partial charge on any atom is -0.493 e. The fourth-order valence-corrected chi connectivity index (χ4v) is 3.53. The molecule has 2 aromatic carbocycles. The second-order valence-electron chi connectivity index (χ2n) is 7.85. The van der Waals surface area contributed by atoms with E-state index in [1.807, 2.05) is 37.4 Å². The van der Waals surface area contributed by atoms with Crippen molar-refractivity contribution in [2.45, 2.75) is 44.9 Å². The van der Waals surface area contributed by atoms with E-state index in [1.54, 1.807) is 14.2 Å². The fourth-order valence-electron chi connectivity index (χ4n) is 3.53. The Kier molecular flexibility index (Phi) is 12.1. The zero-order valence-corrected chi connectivity index (χ0v) is 19.7. The molecule has 2 aromatic rings. The van der Waals surface area contributed by atoms with Crippen LogP contribution in [0, 0.1) is 0 Å². The SMILES string of the molecule is CNCCCCCCNC(=O)COc1cccc(CCCc2ccc(OC)c(OC)c2)c1. The number of benzene rings is 2. The second-order valence-corrected chi connectivity index (χ2v) is 7.85. The summed E-state index contributed by atoms with van der Waals surface area (Å²) in [6, 6.07) is 14.0. The summed E-state index contributed by atoms with van der Waals surface area (Å²) in [7, 11) is 5.26. The summed E-state index contributed by atoms with van der Waals surface area (Å²) < 4.78 is 16.4. The van der Waals surface area contributed by atoms with E-state index in [2.05, 4.69) is 22.8 Å². The van der Waals surface area contributed by atoms with Gasteiger partial charge in [0.1, 0.15) is 5.75 Å². The lowest BCUT2D eigenvalue weighted by Crippen LogP contribution is -2.29. The molecule has 0 aliphatic carbocycles. The third-order valence-electron chi connectivity index (χ3n) is 5.32. The Morgan fingerprint density at radius 2 is 1.53 bits per heavy atom. The lowest BCUT2D eigenvalue weighted by Gasteiger charge is -2.10. The van der Waals surface area contributed by atoms with Crippen LogP contribution in [-0.4, -0.2) is 46.9 Å². The van der Waals surface area contributed by atoms with E-state index in [0.29, 0.717) is 6.54 Å². The van der Waals surface area contributed by atoms with Crippen molar-refractivity contribution in [3.8, 4) is 17.2 Å². The summed E-state index contributed by atoms with van der Waals surface area (Å²) in [6.07, 6.45) is 7.39. The molecule has 0 aliphatic heterocycles. The van der Waals surface area contributed by atoms with Gasteiger partial charge in [0.25, 0.3) is 5.91 Å². The molecule has 32 heavy (non-hydrogen) atoms. The number of unbranched alkanes of at least 4 members (excludes halogenated alkanes) is 3. The number of amides is 1. The quantitative estimate of drug-likeness (QED) is 0.382. The zero-order valence-electron chi connectivity index (χ0n) is 19.7. The molecule has 0 bridgehead atoms. The van der Waals surface area contributed by atoms with Crippen LogP contribution in [0.5, 0.6) is 17.2 Å². The zero-order chi connectivity index (χ0) is 23.0. The van der Waals surface area contributed by atoms with E-state index >= 15 is 0 Å². The first-order chi connectivity index (χ1) is 15.7. The lowest BCUT2D eigenvalue weighted by atomic mass is 10.0. The highest BCUT2D eigenvalue weighted by molar-refractivity contribution is 5.77. The van der Waals surface area contributed by atoms with Gasteiger partial charge in [-0.3, -0.25) is 4.79 Å². The highest BCUT2D eigenvalue weighted by Crippen LogP contribution is 2.28. The van der Waals surface area contributed by atoms with Crippen LogP contribution < -0.4 is 24.8 Å². The number of nitrogens with one attached hydrogen (secondary N) is 2. The smallest absolute Gasteiger partial charge is 0.257 e. The van der Waals surface area contributed by atoms with Crippen molar-refractivity contribution >= 4 is 5.91 Å². The molecule has 2 N–H and O–H groups in total. The number of aryl methyl sites for hydroxylation is 2. The minimum absolute atomic E-state index is 0.0504. The van der Waals surface area contributed by atoms with E-state index in [9.17, 15) is 4.79 Å². The average molecular weight is 443 g/mol. The summed E-state index contributed by atoms with van der Waals surface area (Å²) in [5, 5.41) is 6.07. The van der Waals surface area contributed by atoms with E-state index in [4.69, 9.17) is 14.2 Å². The van der Waals surface area contributed by atoms with Crippen molar-refractivity contribution in [2.24, 2.45) is 0 Å². The number of carbonyl (C=O) groups excluding carboxylic acids is 1. The van der Waals surface area contributed by atoms with Crippen molar-refractivity contribution in [1.29, 1.82) is 0 Å². The highest BCUT2D eigenvalue weighted by Gasteiger charge is 2.06. The molecule has 0 spiro atoms. The normalized spacial score (nSPS) is 10.6. The van der Waals surface area contributed by atoms with Crippen molar-refractivity contribution in [2.75, 3.05) is 41.0 Å². The van der Waals surface area contributed by atoms with Gasteiger partial charge in [-0.1, -0.05) is 31.0 Å². The summed E-state index contributed by atoms with van der Waals surface area (Å²) in [4.78, 5) is 12.0. The number of hydrogen-bond acceptors (Lipinski definition) is 5. The van der Waals surface area contributed by atoms with Crippen LogP contribution in [0.25, 0.3) is 0 Å². The Bertz CT molecular complexity index is 810. The Hall–Kier alpha value is -2.73. The lowest BCUT2D eigenvalue weighted by molar-refractivity contribution is -0.123. The topological polar surface area (TPSA) is 68.8 Å². The van der Waals surface area contributed by atoms with Crippen LogP contribution in [0.15, 0.2) is 42.5 Å². The first-order valence-corrected chi connectivity index (χ1v) is 11.5. The average Bonchev–Trinajstić information content (AvgIpc) is 2.82. The number of ether oxygens (including phenoxy) is 3. The minimum atomic E-state index is -0.0703. The van der Waals surface area contributed by atoms with E-state index < -0.39 is 0 Å². The number of methoxy groups -OCH3 is 2. The molecule has 0 saturated carbocycles. The monoisotopic (exact) mass is 442 g/mol. The molecule has 0 fully saturated rings. The van der Waals surface area contributed by atoms with Crippen molar-refractivity contribution < 1.29 is 19.0 Å². The van der Waals surface area contributed by atoms with Gasteiger partial charge in [0.2, 0.25) is 0 Å². The number of hydrogen-bond donors (Lipinski definition) is 2. The fraction of sp³-hybridized carbons (Fsp3) is 0.500. The van der Waals surface area contributed by atoms with Crippen LogP contribution in [0.3, 0.4) is 0 Å². The van der Waals surface area contributed by atoms with Crippen molar-refractivity contribution in [3.05, 3.63) is 53.6 Å². The molecule has 2 rings (SSSR count). The van der Waals surface area contributed by atoms with Crippen molar-refractivity contribution in [3.63, 3.8) is 0 Å². The largest absolute Gasteiger partial charge is 0.493 e. The third-order valence-corrected chi connectivity index (χ3v) is 5.32. The van der Waals surface area contributed by atoms with Crippen molar-refractivity contribution in [1.82, 2.24) is 10.6 Å². The maximum absolute atomic E-state index is 12.0. The van der Waals surface area contributed by atoms with E-state index in [0.717, 1.165) is 55.9 Å². The molecule has 0 saturated heterocycles. The molecular weight excluding hydrogens is 404 g/mol. The van der Waals surface area contributed by atoms with Gasteiger partial charge >= 0.3 is 0 Å². The van der Waals surface area contributed by atoms with Crippen LogP contribution in [-0.2, 0) is 17.6 Å². The molecule has 0 atom stereocenters. The molecular formula is C26H38N2O4. The molecule has 0 radical (unpaired) electrons. The standard InChI is InChI=1S/C26H38N2O4/c1-27-16-6-4-5-7-17-28-26(29)20-32-23-13-9-12-21(18-23)10-8-11-22-14-15-24(30-2)25(19-22)31-3/h9,12-15,18-19,27H,4-8,10-11,16-17,20H2,1-3H3,(H,28,29). The summed E-state index contributed by atoms with van der Waals surface area (Å²) in [5.74, 6) is 2.16. The van der Waals surface area contributed by atoms with Gasteiger partial charge in [-0.2, -0.15) is 0 Å². The molecule has 0 unspecified atom stereocenters. The molecule has 1 amide bonds. The molecule has 6 heteroatoms. The van der Waals surface area contributed by atoms with Gasteiger partial charge in [-0.25, -0.2) is 0 Å². The first kappa shape index (κ1) is 25.5. The second kappa shape index (κ2) is 15.1. The van der Waals surface area contributed by atoms with Gasteiger partial charge < -0.3 is 24.8 Å². The predicted molar refractivity (Wildman–Crippen MR) is 129 cm³/mol. The summed E-state index contributed by atoms with van der Waals surface area (Å²) in [5.41, 5.74) is 2.42. The Morgan fingerprint density at radius 1 is 0.812 bits per heavy atom. The molecule has 6 nitrogen and oxygen atoms in total. The van der Waals surface area contributed by atoms with Gasteiger partial charge in [-0.05, 0) is 81.1 Å². The summed E-state index contributed by atoms with van der Waals surface area (Å²) in [6.45, 7) is 1.81. The maximum Gasteiger partial charge on any atom is 0.257 e. The van der Waals surface area contributed by atoms with E-state index in [1.165, 1.54) is 24.0 Å².